The van der Waals surface area contributed by atoms with Crippen LogP contribution in [-0.2, 0) is 11.3 Å². The lowest BCUT2D eigenvalue weighted by Crippen LogP contribution is -2.50. The number of amides is 1. The number of H-pyrrole nitrogens is 1. The number of nitrogens with zero attached hydrogens (tertiary/aromatic N) is 3. The maximum absolute atomic E-state index is 12.1. The predicted molar refractivity (Wildman–Crippen MR) is 71.4 cm³/mol. The Morgan fingerprint density at radius 2 is 1.90 bits per heavy atom. The van der Waals surface area contributed by atoms with Crippen LogP contribution >= 0.6 is 0 Å². The Morgan fingerprint density at radius 1 is 1.20 bits per heavy atom. The number of β-amino-alcohol motifs (C(OH)–C–C–N with tert-alkyl or cyclic N) is 1. The quantitative estimate of drug-likeness (QED) is 0.645. The maximum Gasteiger partial charge on any atom is 0.265 e. The Balaban J connectivity index is 1.94. The van der Waals surface area contributed by atoms with Gasteiger partial charge in [-0.1, -0.05) is 0 Å². The molecule has 0 saturated carbocycles. The van der Waals surface area contributed by atoms with Gasteiger partial charge in [0.2, 0.25) is 5.91 Å². The molecule has 0 radical (unpaired) electrons. The van der Waals surface area contributed by atoms with Gasteiger partial charge < -0.3 is 10.0 Å². The molecule has 2 N–H and O–H groups in total. The van der Waals surface area contributed by atoms with Crippen molar-refractivity contribution < 1.29 is 9.90 Å². The lowest BCUT2D eigenvalue weighted by Gasteiger charge is -2.34. The Labute approximate surface area is 115 Å². The third kappa shape index (κ3) is 3.55. The van der Waals surface area contributed by atoms with Crippen molar-refractivity contribution in [3.8, 4) is 0 Å². The summed E-state index contributed by atoms with van der Waals surface area (Å²) in [6, 6.07) is 2.28. The van der Waals surface area contributed by atoms with Gasteiger partial charge in [-0.15, -0.1) is 0 Å². The molecule has 0 atom stereocenters. The zero-order valence-corrected chi connectivity index (χ0v) is 11.1. The molecule has 2 rings (SSSR count). The van der Waals surface area contributed by atoms with Gasteiger partial charge in [0.1, 0.15) is 6.54 Å². The lowest BCUT2D eigenvalue weighted by molar-refractivity contribution is -0.133. The number of rotatable bonds is 4. The third-order valence-electron chi connectivity index (χ3n) is 3.32. The van der Waals surface area contributed by atoms with Crippen molar-refractivity contribution in [2.45, 2.75) is 6.54 Å². The second kappa shape index (κ2) is 6.49. The highest BCUT2D eigenvalue weighted by atomic mass is 16.3. The average molecular weight is 282 g/mol. The summed E-state index contributed by atoms with van der Waals surface area (Å²) in [7, 11) is 0. The summed E-state index contributed by atoms with van der Waals surface area (Å²) in [5, 5.41) is 11.2. The highest BCUT2D eigenvalue weighted by Crippen LogP contribution is 2.02. The number of aromatic nitrogens is 2. The van der Waals surface area contributed by atoms with Crippen molar-refractivity contribution in [2.75, 3.05) is 39.3 Å². The summed E-state index contributed by atoms with van der Waals surface area (Å²) in [6.07, 6.45) is 0. The van der Waals surface area contributed by atoms with Crippen LogP contribution in [-0.4, -0.2) is 69.9 Å². The molecular weight excluding hydrogens is 264 g/mol. The molecule has 0 unspecified atom stereocenters. The molecule has 20 heavy (non-hydrogen) atoms. The molecule has 110 valence electrons. The highest BCUT2D eigenvalue weighted by molar-refractivity contribution is 5.76. The number of hydrogen-bond donors (Lipinski definition) is 2. The van der Waals surface area contributed by atoms with E-state index >= 15 is 0 Å². The number of hydrogen-bond acceptors (Lipinski definition) is 5. The summed E-state index contributed by atoms with van der Waals surface area (Å²) < 4.78 is 1.02. The molecule has 2 heterocycles. The van der Waals surface area contributed by atoms with Crippen LogP contribution in [0.15, 0.2) is 21.7 Å². The molecule has 0 aliphatic carbocycles. The van der Waals surface area contributed by atoms with Crippen LogP contribution in [0.3, 0.4) is 0 Å². The highest BCUT2D eigenvalue weighted by Gasteiger charge is 2.21. The van der Waals surface area contributed by atoms with E-state index in [0.717, 1.165) is 16.8 Å². The molecule has 1 aliphatic heterocycles. The Bertz CT molecular complexity index is 571. The topological polar surface area (TPSA) is 98.6 Å². The van der Waals surface area contributed by atoms with E-state index in [0.29, 0.717) is 32.7 Å². The first-order valence-electron chi connectivity index (χ1n) is 6.51. The average Bonchev–Trinajstić information content (AvgIpc) is 2.44. The van der Waals surface area contributed by atoms with Crippen molar-refractivity contribution in [2.24, 2.45) is 0 Å². The fraction of sp³-hybridized carbons (Fsp3) is 0.583. The first-order valence-corrected chi connectivity index (χ1v) is 6.51. The summed E-state index contributed by atoms with van der Waals surface area (Å²) in [4.78, 5) is 38.5. The Kier molecular flexibility index (Phi) is 4.70. The second-order valence-electron chi connectivity index (χ2n) is 4.68. The number of aliphatic hydroxyl groups is 1. The molecule has 8 nitrogen and oxygen atoms in total. The number of aromatic amines is 1. The smallest absolute Gasteiger partial charge is 0.265 e. The Hall–Kier alpha value is -1.93. The molecule has 1 saturated heterocycles. The zero-order valence-electron chi connectivity index (χ0n) is 11.1. The van der Waals surface area contributed by atoms with Crippen LogP contribution in [0.5, 0.6) is 0 Å². The van der Waals surface area contributed by atoms with Crippen molar-refractivity contribution in [3.63, 3.8) is 0 Å². The molecule has 0 aromatic carbocycles. The molecule has 1 amide bonds. The van der Waals surface area contributed by atoms with Gasteiger partial charge >= 0.3 is 0 Å². The lowest BCUT2D eigenvalue weighted by atomic mass is 10.3. The standard InChI is InChI=1S/C12H18N4O4/c17-8-7-14-3-5-15(6-4-14)12(20)9-16-11(19)2-1-10(18)13-16/h1-2,17H,3-9H2,(H,13,18). The summed E-state index contributed by atoms with van der Waals surface area (Å²) in [5.41, 5.74) is -0.818. The number of carbonyl (C=O) groups excluding carboxylic acids is 1. The molecule has 1 aliphatic rings. The van der Waals surface area contributed by atoms with Gasteiger partial charge in [0.25, 0.3) is 11.1 Å². The van der Waals surface area contributed by atoms with Crippen molar-refractivity contribution >= 4 is 5.91 Å². The summed E-state index contributed by atoms with van der Waals surface area (Å²) in [5.74, 6) is -0.197. The molecule has 1 aromatic heterocycles. The minimum absolute atomic E-state index is 0.106. The van der Waals surface area contributed by atoms with Crippen LogP contribution in [0.4, 0.5) is 0 Å². The molecular formula is C12H18N4O4. The number of nitrogens with one attached hydrogen (secondary N) is 1. The largest absolute Gasteiger partial charge is 0.395 e. The maximum atomic E-state index is 12.1. The minimum Gasteiger partial charge on any atom is -0.395 e. The van der Waals surface area contributed by atoms with Crippen LogP contribution < -0.4 is 11.1 Å². The van der Waals surface area contributed by atoms with E-state index < -0.39 is 11.1 Å². The van der Waals surface area contributed by atoms with E-state index in [1.807, 2.05) is 0 Å². The fourth-order valence-corrected chi connectivity index (χ4v) is 2.18. The number of piperazine rings is 1. The second-order valence-corrected chi connectivity index (χ2v) is 4.68. The fourth-order valence-electron chi connectivity index (χ4n) is 2.18. The van der Waals surface area contributed by atoms with E-state index in [2.05, 4.69) is 10.00 Å². The SMILES string of the molecule is O=C(Cn1[nH]c(=O)ccc1=O)N1CCN(CCO)CC1. The first kappa shape index (κ1) is 14.5. The number of aliphatic hydroxyl groups excluding tert-OH is 1. The monoisotopic (exact) mass is 282 g/mol. The first-order chi connectivity index (χ1) is 9.60. The molecule has 0 spiro atoms. The van der Waals surface area contributed by atoms with E-state index in [1.54, 1.807) is 4.90 Å². The molecule has 1 aromatic rings. The third-order valence-corrected chi connectivity index (χ3v) is 3.32. The summed E-state index contributed by atoms with van der Waals surface area (Å²) >= 11 is 0. The van der Waals surface area contributed by atoms with Crippen LogP contribution in [0.1, 0.15) is 0 Å². The van der Waals surface area contributed by atoms with E-state index in [9.17, 15) is 14.4 Å². The normalized spacial score (nSPS) is 16.4. The van der Waals surface area contributed by atoms with Gasteiger partial charge in [-0.2, -0.15) is 0 Å². The zero-order chi connectivity index (χ0) is 14.5. The van der Waals surface area contributed by atoms with E-state index in [4.69, 9.17) is 5.11 Å². The van der Waals surface area contributed by atoms with Crippen LogP contribution in [0.2, 0.25) is 0 Å². The van der Waals surface area contributed by atoms with Gasteiger partial charge in [0.05, 0.1) is 6.61 Å². The number of carbonyl (C=O) groups is 1. The summed E-state index contributed by atoms with van der Waals surface area (Å²) in [6.45, 7) is 3.07. The van der Waals surface area contributed by atoms with Gasteiger partial charge in [-0.05, 0) is 0 Å². The van der Waals surface area contributed by atoms with E-state index in [1.165, 1.54) is 0 Å². The van der Waals surface area contributed by atoms with Gasteiger partial charge in [0, 0.05) is 44.9 Å². The van der Waals surface area contributed by atoms with Gasteiger partial charge in [0.15, 0.2) is 0 Å². The van der Waals surface area contributed by atoms with Crippen molar-refractivity contribution in [1.82, 2.24) is 19.6 Å². The molecule has 1 fully saturated rings. The van der Waals surface area contributed by atoms with E-state index in [-0.39, 0.29) is 19.1 Å². The molecule has 8 heteroatoms. The molecule has 0 bridgehead atoms. The van der Waals surface area contributed by atoms with Crippen LogP contribution in [0, 0.1) is 0 Å². The van der Waals surface area contributed by atoms with Crippen LogP contribution in [0.25, 0.3) is 0 Å². The Morgan fingerprint density at radius 3 is 2.55 bits per heavy atom. The predicted octanol–water partition coefficient (Wildman–Crippen LogP) is -2.33. The van der Waals surface area contributed by atoms with Gasteiger partial charge in [-0.3, -0.25) is 24.4 Å². The van der Waals surface area contributed by atoms with Crippen molar-refractivity contribution in [3.05, 3.63) is 32.8 Å². The minimum atomic E-state index is -0.412. The van der Waals surface area contributed by atoms with Crippen molar-refractivity contribution in [1.29, 1.82) is 0 Å². The van der Waals surface area contributed by atoms with Gasteiger partial charge in [-0.25, -0.2) is 4.68 Å².